The van der Waals surface area contributed by atoms with Crippen LogP contribution in [0, 0.1) is 0 Å². The van der Waals surface area contributed by atoms with Crippen LogP contribution in [-0.4, -0.2) is 49.3 Å². The lowest BCUT2D eigenvalue weighted by molar-refractivity contribution is -0.124. The van der Waals surface area contributed by atoms with Crippen LogP contribution in [0.5, 0.6) is 0 Å². The van der Waals surface area contributed by atoms with Gasteiger partial charge >= 0.3 is 0 Å². The molecule has 0 aromatic carbocycles. The monoisotopic (exact) mass is 438 g/mol. The number of aromatic nitrogens is 1. The number of hydrogen-bond donors (Lipinski definition) is 2. The molecule has 6 heteroatoms. The van der Waals surface area contributed by atoms with E-state index in [4.69, 9.17) is 0 Å². The second kappa shape index (κ2) is 15.6. The first-order valence-corrected chi connectivity index (χ1v) is 11.1. The fourth-order valence-corrected chi connectivity index (χ4v) is 3.18. The number of nitrogens with one attached hydrogen (secondary N) is 2. The van der Waals surface area contributed by atoms with Crippen LogP contribution in [-0.2, 0) is 16.0 Å². The number of nitrogens with zero attached hydrogens (tertiary/aromatic N) is 2. The van der Waals surface area contributed by atoms with Crippen LogP contribution in [0.15, 0.2) is 54.4 Å². The number of aldehydes is 1. The van der Waals surface area contributed by atoms with Crippen LogP contribution in [0.25, 0.3) is 6.08 Å². The molecular weight excluding hydrogens is 400 g/mol. The maximum Gasteiger partial charge on any atom is 0.246 e. The molecule has 1 aromatic heterocycles. The predicted molar refractivity (Wildman–Crippen MR) is 134 cm³/mol. The molecule has 1 rings (SSSR count). The zero-order valence-corrected chi connectivity index (χ0v) is 20.0. The third kappa shape index (κ3) is 9.77. The normalized spacial score (nSPS) is 12.0. The molecule has 0 spiro atoms. The summed E-state index contributed by atoms with van der Waals surface area (Å²) in [4.78, 5) is 29.4. The van der Waals surface area contributed by atoms with E-state index in [2.05, 4.69) is 28.3 Å². The van der Waals surface area contributed by atoms with E-state index in [0.29, 0.717) is 19.5 Å². The predicted octanol–water partition coefficient (Wildman–Crippen LogP) is 4.52. The molecule has 1 aromatic rings. The van der Waals surface area contributed by atoms with Crippen molar-refractivity contribution in [3.8, 4) is 0 Å². The molecule has 1 heterocycles. The number of allylic oxidation sites excluding steroid dienone is 3. The number of unbranched alkanes of at least 4 members (excludes halogenated alkanes) is 2. The molecule has 0 fully saturated rings. The van der Waals surface area contributed by atoms with Crippen molar-refractivity contribution in [2.75, 3.05) is 32.5 Å². The second-order valence-corrected chi connectivity index (χ2v) is 7.64. The summed E-state index contributed by atoms with van der Waals surface area (Å²) in [5, 5.41) is 6.43. The van der Waals surface area contributed by atoms with Crippen molar-refractivity contribution in [3.63, 3.8) is 0 Å². The number of amides is 1. The molecule has 0 saturated heterocycles. The van der Waals surface area contributed by atoms with Gasteiger partial charge in [-0.3, -0.25) is 4.79 Å². The highest BCUT2D eigenvalue weighted by atomic mass is 16.2. The van der Waals surface area contributed by atoms with E-state index >= 15 is 0 Å². The maximum absolute atomic E-state index is 12.7. The number of carbonyl (C=O) groups excluding carboxylic acids is 2. The fourth-order valence-electron chi connectivity index (χ4n) is 3.18. The number of pyridine rings is 1. The summed E-state index contributed by atoms with van der Waals surface area (Å²) in [7, 11) is 3.65. The number of anilines is 1. The fraction of sp³-hybridized carbons (Fsp3) is 0.423. The highest BCUT2D eigenvalue weighted by Crippen LogP contribution is 2.18. The summed E-state index contributed by atoms with van der Waals surface area (Å²) in [6.07, 6.45) is 16.0. The highest BCUT2D eigenvalue weighted by Gasteiger charge is 2.10. The van der Waals surface area contributed by atoms with Crippen LogP contribution >= 0.6 is 0 Å². The molecule has 1 amide bonds. The topological polar surface area (TPSA) is 74.3 Å². The van der Waals surface area contributed by atoms with Gasteiger partial charge in [-0.15, -0.1) is 6.58 Å². The standard InChI is InChI=1S/C26H38N4O2/c1-6-8-12-24(21(3)28-16-7-2)20-30(5)25(32)15-14-22-18-23(13-10-9-11-17-31)26(27-4)29-19-22/h6-8,14-15,17-19,28H,2,9-13,16,20H2,1,3-5H3,(H,27,29)/b8-6-,15-14+,24-21+. The molecule has 6 nitrogen and oxygen atoms in total. The summed E-state index contributed by atoms with van der Waals surface area (Å²) < 4.78 is 0. The Bertz CT molecular complexity index is 840. The molecular formula is C26H38N4O2. The van der Waals surface area contributed by atoms with Crippen LogP contribution in [0.3, 0.4) is 0 Å². The number of likely N-dealkylation sites (N-methyl/N-ethyl adjacent to an activating group) is 1. The molecule has 0 saturated carbocycles. The lowest BCUT2D eigenvalue weighted by Crippen LogP contribution is -2.28. The summed E-state index contributed by atoms with van der Waals surface area (Å²) in [6, 6.07) is 2.05. The minimum Gasteiger partial charge on any atom is -0.385 e. The third-order valence-corrected chi connectivity index (χ3v) is 5.11. The van der Waals surface area contributed by atoms with E-state index in [9.17, 15) is 9.59 Å². The van der Waals surface area contributed by atoms with Crippen LogP contribution in [0.4, 0.5) is 5.82 Å². The van der Waals surface area contributed by atoms with Crippen molar-refractivity contribution in [2.24, 2.45) is 0 Å². The van der Waals surface area contributed by atoms with E-state index in [1.165, 1.54) is 0 Å². The van der Waals surface area contributed by atoms with Gasteiger partial charge in [-0.2, -0.15) is 0 Å². The summed E-state index contributed by atoms with van der Waals surface area (Å²) in [5.41, 5.74) is 4.19. The van der Waals surface area contributed by atoms with Crippen molar-refractivity contribution in [1.82, 2.24) is 15.2 Å². The van der Waals surface area contributed by atoms with Gasteiger partial charge in [0.15, 0.2) is 0 Å². The Morgan fingerprint density at radius 3 is 2.75 bits per heavy atom. The number of carbonyl (C=O) groups is 2. The average molecular weight is 439 g/mol. The van der Waals surface area contributed by atoms with Gasteiger partial charge < -0.3 is 20.3 Å². The molecule has 0 unspecified atom stereocenters. The zero-order chi connectivity index (χ0) is 23.8. The van der Waals surface area contributed by atoms with E-state index in [1.807, 2.05) is 46.2 Å². The Morgan fingerprint density at radius 2 is 2.09 bits per heavy atom. The highest BCUT2D eigenvalue weighted by molar-refractivity contribution is 5.91. The molecule has 0 aliphatic rings. The molecule has 32 heavy (non-hydrogen) atoms. The van der Waals surface area contributed by atoms with Gasteiger partial charge in [0.25, 0.3) is 0 Å². The lowest BCUT2D eigenvalue weighted by Gasteiger charge is -2.20. The smallest absolute Gasteiger partial charge is 0.246 e. The Kier molecular flexibility index (Phi) is 13.1. The molecule has 2 N–H and O–H groups in total. The minimum atomic E-state index is -0.0651. The van der Waals surface area contributed by atoms with Crippen molar-refractivity contribution in [2.45, 2.75) is 46.0 Å². The first kappa shape index (κ1) is 26.9. The largest absolute Gasteiger partial charge is 0.385 e. The van der Waals surface area contributed by atoms with Crippen LogP contribution in [0.1, 0.15) is 50.7 Å². The lowest BCUT2D eigenvalue weighted by atomic mass is 10.1. The van der Waals surface area contributed by atoms with E-state index in [0.717, 1.165) is 60.2 Å². The summed E-state index contributed by atoms with van der Waals surface area (Å²) >= 11 is 0. The number of aryl methyl sites for hydroxylation is 1. The second-order valence-electron chi connectivity index (χ2n) is 7.64. The molecule has 174 valence electrons. The van der Waals surface area contributed by atoms with E-state index in [-0.39, 0.29) is 5.91 Å². The quantitative estimate of drug-likeness (QED) is 0.182. The van der Waals surface area contributed by atoms with Crippen LogP contribution < -0.4 is 10.6 Å². The van der Waals surface area contributed by atoms with Gasteiger partial charge in [0, 0.05) is 51.6 Å². The summed E-state index contributed by atoms with van der Waals surface area (Å²) in [6.45, 7) is 9.00. The Morgan fingerprint density at radius 1 is 1.31 bits per heavy atom. The SMILES string of the molecule is C=CCN/C(C)=C(\C/C=C\C)CN(C)C(=O)/C=C/c1cnc(NC)c(CCCCC=O)c1. The van der Waals surface area contributed by atoms with Crippen molar-refractivity contribution in [1.29, 1.82) is 0 Å². The maximum atomic E-state index is 12.7. The number of hydrogen-bond acceptors (Lipinski definition) is 5. The van der Waals surface area contributed by atoms with Crippen LogP contribution in [0.2, 0.25) is 0 Å². The Hall–Kier alpha value is -3.15. The minimum absolute atomic E-state index is 0.0651. The van der Waals surface area contributed by atoms with Crippen molar-refractivity contribution in [3.05, 3.63) is 65.5 Å². The van der Waals surface area contributed by atoms with E-state index in [1.54, 1.807) is 23.2 Å². The molecule has 0 atom stereocenters. The average Bonchev–Trinajstić information content (AvgIpc) is 2.81. The van der Waals surface area contributed by atoms with Gasteiger partial charge in [-0.1, -0.05) is 18.2 Å². The third-order valence-electron chi connectivity index (χ3n) is 5.11. The van der Waals surface area contributed by atoms with Crippen molar-refractivity contribution < 1.29 is 9.59 Å². The van der Waals surface area contributed by atoms with Gasteiger partial charge in [0.2, 0.25) is 5.91 Å². The Labute approximate surface area is 193 Å². The van der Waals surface area contributed by atoms with Gasteiger partial charge in [0.05, 0.1) is 0 Å². The number of rotatable bonds is 15. The van der Waals surface area contributed by atoms with Gasteiger partial charge in [-0.05, 0) is 68.4 Å². The Balaban J connectivity index is 2.87. The molecule has 0 aliphatic carbocycles. The first-order chi connectivity index (χ1) is 15.5. The summed E-state index contributed by atoms with van der Waals surface area (Å²) in [5.74, 6) is 0.766. The van der Waals surface area contributed by atoms with Crippen molar-refractivity contribution >= 4 is 24.1 Å². The molecule has 0 aliphatic heterocycles. The zero-order valence-electron chi connectivity index (χ0n) is 20.0. The van der Waals surface area contributed by atoms with E-state index < -0.39 is 0 Å². The van der Waals surface area contributed by atoms with Gasteiger partial charge in [0.1, 0.15) is 12.1 Å². The van der Waals surface area contributed by atoms with Gasteiger partial charge in [-0.25, -0.2) is 4.98 Å². The molecule has 0 bridgehead atoms. The molecule has 0 radical (unpaired) electrons. The first-order valence-electron chi connectivity index (χ1n) is 11.1.